The molecule has 2 atom stereocenters. The van der Waals surface area contributed by atoms with Crippen molar-refractivity contribution in [2.45, 2.75) is 39.0 Å². The van der Waals surface area contributed by atoms with Crippen molar-refractivity contribution >= 4 is 11.9 Å². The van der Waals surface area contributed by atoms with Crippen molar-refractivity contribution in [1.29, 1.82) is 0 Å². The van der Waals surface area contributed by atoms with E-state index in [9.17, 15) is 4.79 Å². The molecule has 2 saturated heterocycles. The number of carbonyl (C=O) groups excluding carboxylic acids is 1. The van der Waals surface area contributed by atoms with Crippen LogP contribution >= 0.6 is 0 Å². The zero-order valence-electron chi connectivity index (χ0n) is 14.8. The molecule has 0 aromatic carbocycles. The number of hydrogen-bond acceptors (Lipinski definition) is 3. The van der Waals surface area contributed by atoms with Gasteiger partial charge in [-0.25, -0.2) is 0 Å². The van der Waals surface area contributed by atoms with Crippen molar-refractivity contribution in [3.8, 4) is 0 Å². The van der Waals surface area contributed by atoms with Gasteiger partial charge in [0.05, 0.1) is 0 Å². The van der Waals surface area contributed by atoms with E-state index in [2.05, 4.69) is 29.1 Å². The van der Waals surface area contributed by atoms with Gasteiger partial charge in [-0.3, -0.25) is 9.79 Å². The summed E-state index contributed by atoms with van der Waals surface area (Å²) >= 11 is 0. The van der Waals surface area contributed by atoms with Crippen molar-refractivity contribution in [3.63, 3.8) is 0 Å². The zero-order chi connectivity index (χ0) is 16.7. The van der Waals surface area contributed by atoms with E-state index in [4.69, 9.17) is 10.7 Å². The molecule has 2 fully saturated rings. The summed E-state index contributed by atoms with van der Waals surface area (Å²) in [5.74, 6) is 1.85. The molecule has 6 heteroatoms. The Hall–Kier alpha value is -1.30. The summed E-state index contributed by atoms with van der Waals surface area (Å²) in [6, 6.07) is 0. The fourth-order valence-corrected chi connectivity index (χ4v) is 3.77. The van der Waals surface area contributed by atoms with Crippen LogP contribution in [0.2, 0.25) is 0 Å². The van der Waals surface area contributed by atoms with Crippen LogP contribution in [0.5, 0.6) is 0 Å². The third-order valence-electron chi connectivity index (χ3n) is 4.86. The molecule has 0 saturated carbocycles. The number of carbonyl (C=O) groups is 1. The molecule has 3 N–H and O–H groups in total. The molecule has 0 spiro atoms. The molecule has 2 aliphatic heterocycles. The second-order valence-corrected chi connectivity index (χ2v) is 7.09. The predicted molar refractivity (Wildman–Crippen MR) is 94.3 cm³/mol. The number of primary amides is 1. The maximum atomic E-state index is 11.2. The smallest absolute Gasteiger partial charge is 0.217 e. The quantitative estimate of drug-likeness (QED) is 0.582. The average Bonchev–Trinajstić information content (AvgIpc) is 2.51. The molecule has 2 rings (SSSR count). The first-order valence-corrected chi connectivity index (χ1v) is 9.08. The summed E-state index contributed by atoms with van der Waals surface area (Å²) in [5, 5.41) is 3.42. The van der Waals surface area contributed by atoms with Gasteiger partial charge in [0.15, 0.2) is 5.96 Å². The molecule has 0 aromatic rings. The molecule has 0 aliphatic carbocycles. The van der Waals surface area contributed by atoms with E-state index in [-0.39, 0.29) is 5.91 Å². The van der Waals surface area contributed by atoms with E-state index in [0.29, 0.717) is 18.3 Å². The van der Waals surface area contributed by atoms with Crippen molar-refractivity contribution in [2.24, 2.45) is 22.6 Å². The number of hydrogen-bond donors (Lipinski definition) is 2. The van der Waals surface area contributed by atoms with Crippen LogP contribution in [0.1, 0.15) is 39.0 Å². The summed E-state index contributed by atoms with van der Waals surface area (Å²) < 4.78 is 0. The van der Waals surface area contributed by atoms with Gasteiger partial charge in [0, 0.05) is 39.1 Å². The number of likely N-dealkylation sites (tertiary alicyclic amines) is 2. The van der Waals surface area contributed by atoms with Crippen LogP contribution in [-0.4, -0.2) is 68.0 Å². The largest absolute Gasteiger partial charge is 0.370 e. The molecule has 1 amide bonds. The first kappa shape index (κ1) is 18.0. The number of nitrogens with zero attached hydrogens (tertiary/aromatic N) is 3. The lowest BCUT2D eigenvalue weighted by Crippen LogP contribution is -2.47. The van der Waals surface area contributed by atoms with Gasteiger partial charge in [0.1, 0.15) is 0 Å². The molecular weight excluding hydrogens is 290 g/mol. The number of nitrogens with two attached hydrogens (primary N) is 1. The van der Waals surface area contributed by atoms with Crippen LogP contribution in [0, 0.1) is 11.8 Å². The van der Waals surface area contributed by atoms with Crippen LogP contribution in [0.4, 0.5) is 0 Å². The molecule has 23 heavy (non-hydrogen) atoms. The van der Waals surface area contributed by atoms with Crippen LogP contribution in [0.3, 0.4) is 0 Å². The van der Waals surface area contributed by atoms with Crippen LogP contribution < -0.4 is 11.1 Å². The Morgan fingerprint density at radius 3 is 2.65 bits per heavy atom. The van der Waals surface area contributed by atoms with Gasteiger partial charge in [-0.05, 0) is 58.0 Å². The highest BCUT2D eigenvalue weighted by atomic mass is 16.1. The molecular formula is C17H33N5O. The Morgan fingerprint density at radius 1 is 1.22 bits per heavy atom. The summed E-state index contributed by atoms with van der Waals surface area (Å²) in [6.45, 7) is 8.14. The monoisotopic (exact) mass is 323 g/mol. The molecule has 0 aromatic heterocycles. The highest BCUT2D eigenvalue weighted by Gasteiger charge is 2.24. The summed E-state index contributed by atoms with van der Waals surface area (Å²) in [4.78, 5) is 20.8. The number of rotatable bonds is 5. The second-order valence-electron chi connectivity index (χ2n) is 7.09. The summed E-state index contributed by atoms with van der Waals surface area (Å²) in [7, 11) is 2.19. The van der Waals surface area contributed by atoms with Crippen molar-refractivity contribution in [3.05, 3.63) is 0 Å². The molecule has 132 valence electrons. The lowest BCUT2D eigenvalue weighted by molar-refractivity contribution is -0.119. The second kappa shape index (κ2) is 9.11. The molecule has 0 bridgehead atoms. The number of amides is 1. The Balaban J connectivity index is 1.93. The Bertz CT molecular complexity index is 412. The van der Waals surface area contributed by atoms with Gasteiger partial charge >= 0.3 is 0 Å². The number of aliphatic imine (C=N–C) groups is 1. The number of guanidine groups is 1. The zero-order valence-corrected chi connectivity index (χ0v) is 14.8. The number of piperidine rings is 2. The normalized spacial score (nSPS) is 27.0. The van der Waals surface area contributed by atoms with E-state index in [1.165, 1.54) is 19.4 Å². The average molecular weight is 323 g/mol. The molecule has 2 unspecified atom stereocenters. The maximum absolute atomic E-state index is 11.2. The van der Waals surface area contributed by atoms with Crippen LogP contribution in [-0.2, 0) is 4.79 Å². The Labute approximate surface area is 140 Å². The molecule has 2 heterocycles. The molecule has 0 radical (unpaired) electrons. The Morgan fingerprint density at radius 2 is 1.96 bits per heavy atom. The molecule has 6 nitrogen and oxygen atoms in total. The van der Waals surface area contributed by atoms with Gasteiger partial charge in [-0.1, -0.05) is 0 Å². The van der Waals surface area contributed by atoms with E-state index >= 15 is 0 Å². The SMILES string of the molecule is CCNC(=NCC1CCCN(C)C1)N1CCCC(CC(N)=O)C1. The predicted octanol–water partition coefficient (Wildman–Crippen LogP) is 0.881. The minimum atomic E-state index is -0.191. The third kappa shape index (κ3) is 6.01. The molecule has 2 aliphatic rings. The van der Waals surface area contributed by atoms with Gasteiger partial charge in [0.25, 0.3) is 0 Å². The highest BCUT2D eigenvalue weighted by molar-refractivity contribution is 5.80. The van der Waals surface area contributed by atoms with Gasteiger partial charge in [0.2, 0.25) is 5.91 Å². The summed E-state index contributed by atoms with van der Waals surface area (Å²) in [6.07, 6.45) is 5.24. The topological polar surface area (TPSA) is 74.0 Å². The first-order valence-electron chi connectivity index (χ1n) is 9.08. The first-order chi connectivity index (χ1) is 11.1. The lowest BCUT2D eigenvalue weighted by Gasteiger charge is -2.35. The number of nitrogens with one attached hydrogen (secondary N) is 1. The van der Waals surface area contributed by atoms with E-state index in [1.807, 2.05) is 0 Å². The van der Waals surface area contributed by atoms with Gasteiger partial charge < -0.3 is 20.9 Å². The van der Waals surface area contributed by atoms with Crippen molar-refractivity contribution in [1.82, 2.24) is 15.1 Å². The van der Waals surface area contributed by atoms with E-state index in [0.717, 1.165) is 51.5 Å². The van der Waals surface area contributed by atoms with Crippen LogP contribution in [0.25, 0.3) is 0 Å². The fraction of sp³-hybridized carbons (Fsp3) is 0.882. The van der Waals surface area contributed by atoms with Gasteiger partial charge in [-0.2, -0.15) is 0 Å². The maximum Gasteiger partial charge on any atom is 0.217 e. The lowest BCUT2D eigenvalue weighted by atomic mass is 9.95. The van der Waals surface area contributed by atoms with Crippen molar-refractivity contribution in [2.75, 3.05) is 46.3 Å². The van der Waals surface area contributed by atoms with Crippen molar-refractivity contribution < 1.29 is 4.79 Å². The van der Waals surface area contributed by atoms with Crippen LogP contribution in [0.15, 0.2) is 4.99 Å². The van der Waals surface area contributed by atoms with E-state index < -0.39 is 0 Å². The standard InChI is InChI=1S/C17H33N5O/c1-3-19-17(20-11-15-7-4-8-21(2)12-15)22-9-5-6-14(13-22)10-16(18)23/h14-15H,3-13H2,1-2H3,(H2,18,23)(H,19,20). The highest BCUT2D eigenvalue weighted by Crippen LogP contribution is 2.20. The third-order valence-corrected chi connectivity index (χ3v) is 4.86. The Kier molecular flexibility index (Phi) is 7.15. The minimum absolute atomic E-state index is 0.191. The van der Waals surface area contributed by atoms with E-state index in [1.54, 1.807) is 0 Å². The fourth-order valence-electron chi connectivity index (χ4n) is 3.77. The minimum Gasteiger partial charge on any atom is -0.370 e. The van der Waals surface area contributed by atoms with Gasteiger partial charge in [-0.15, -0.1) is 0 Å². The summed E-state index contributed by atoms with van der Waals surface area (Å²) in [5.41, 5.74) is 5.36.